The molecular formula is C32H33N5O5S. The molecule has 1 aromatic carbocycles. The van der Waals surface area contributed by atoms with E-state index in [0.29, 0.717) is 55.9 Å². The zero-order valence-electron chi connectivity index (χ0n) is 24.5. The third-order valence-electron chi connectivity index (χ3n) is 7.44. The Morgan fingerprint density at radius 2 is 1.86 bits per heavy atom. The van der Waals surface area contributed by atoms with Gasteiger partial charge in [-0.15, -0.1) is 11.3 Å². The number of thiophene rings is 1. The lowest BCUT2D eigenvalue weighted by molar-refractivity contribution is -0.161. The first-order valence-corrected chi connectivity index (χ1v) is 15.2. The Kier molecular flexibility index (Phi) is 7.51. The Hall–Kier alpha value is -4.51. The lowest BCUT2D eigenvalue weighted by atomic mass is 9.85. The third kappa shape index (κ3) is 5.90. The number of aryl methyl sites for hydroxylation is 1. The summed E-state index contributed by atoms with van der Waals surface area (Å²) in [5.74, 6) is 0.288. The van der Waals surface area contributed by atoms with Gasteiger partial charge in [-0.05, 0) is 71.2 Å². The van der Waals surface area contributed by atoms with Crippen LogP contribution in [0.1, 0.15) is 61.8 Å². The Bertz CT molecular complexity index is 1710. The number of amides is 3. The number of benzene rings is 1. The van der Waals surface area contributed by atoms with E-state index in [1.807, 2.05) is 58.0 Å². The van der Waals surface area contributed by atoms with Gasteiger partial charge in [0, 0.05) is 18.3 Å². The zero-order chi connectivity index (χ0) is 30.3. The highest BCUT2D eigenvalue weighted by Gasteiger charge is 2.36. The number of para-hydroxylation sites is 1. The summed E-state index contributed by atoms with van der Waals surface area (Å²) in [6, 6.07) is 14.1. The largest absolute Gasteiger partial charge is 0.460 e. The van der Waals surface area contributed by atoms with Crippen molar-refractivity contribution in [3.63, 3.8) is 0 Å². The van der Waals surface area contributed by atoms with Crippen LogP contribution in [0, 0.1) is 12.8 Å². The Balaban J connectivity index is 1.25. The van der Waals surface area contributed by atoms with Crippen LogP contribution in [0.5, 0.6) is 11.6 Å². The first-order chi connectivity index (χ1) is 20.6. The van der Waals surface area contributed by atoms with Crippen LogP contribution in [0.15, 0.2) is 54.7 Å². The lowest BCUT2D eigenvalue weighted by Gasteiger charge is -2.31. The Morgan fingerprint density at radius 1 is 1.07 bits per heavy atom. The highest BCUT2D eigenvalue weighted by atomic mass is 32.1. The van der Waals surface area contributed by atoms with Crippen LogP contribution in [-0.4, -0.2) is 39.5 Å². The predicted octanol–water partition coefficient (Wildman–Crippen LogP) is 7.11. The SMILES string of the molecule is Cc1nc(Oc2ccccc2)ccc1N1C(=O)Nc2c(C(=O)N[C@@H]3CCCC(C(=O)OC(C)(C)C)C3)sc3nccc1c23. The van der Waals surface area contributed by atoms with E-state index in [4.69, 9.17) is 9.47 Å². The molecule has 0 bridgehead atoms. The molecule has 11 heteroatoms. The van der Waals surface area contributed by atoms with Gasteiger partial charge in [0.05, 0.1) is 34.1 Å². The molecule has 43 heavy (non-hydrogen) atoms. The Labute approximate surface area is 253 Å². The minimum atomic E-state index is -0.559. The summed E-state index contributed by atoms with van der Waals surface area (Å²) >= 11 is 1.23. The molecule has 3 aromatic heterocycles. The summed E-state index contributed by atoms with van der Waals surface area (Å²) in [6.45, 7) is 7.37. The van der Waals surface area contributed by atoms with E-state index in [1.54, 1.807) is 29.3 Å². The molecule has 0 saturated heterocycles. The fourth-order valence-corrected chi connectivity index (χ4v) is 6.61. The monoisotopic (exact) mass is 599 g/mol. The second kappa shape index (κ2) is 11.3. The van der Waals surface area contributed by atoms with Crippen LogP contribution in [0.4, 0.5) is 21.9 Å². The van der Waals surface area contributed by atoms with Crippen molar-refractivity contribution in [3.8, 4) is 11.6 Å². The maximum Gasteiger partial charge on any atom is 0.331 e. The minimum Gasteiger partial charge on any atom is -0.460 e. The maximum absolute atomic E-state index is 13.6. The molecule has 0 spiro atoms. The van der Waals surface area contributed by atoms with E-state index >= 15 is 0 Å². The van der Waals surface area contributed by atoms with Crippen molar-refractivity contribution in [3.05, 3.63) is 65.3 Å². The number of carbonyl (C=O) groups excluding carboxylic acids is 3. The summed E-state index contributed by atoms with van der Waals surface area (Å²) in [5.41, 5.74) is 1.68. The van der Waals surface area contributed by atoms with Gasteiger partial charge in [-0.25, -0.2) is 14.8 Å². The molecule has 4 heterocycles. The number of aromatic nitrogens is 2. The fraction of sp³-hybridized carbons (Fsp3) is 0.344. The number of nitrogens with one attached hydrogen (secondary N) is 2. The highest BCUT2D eigenvalue weighted by Crippen LogP contribution is 2.46. The Morgan fingerprint density at radius 3 is 2.60 bits per heavy atom. The first kappa shape index (κ1) is 28.6. The average molecular weight is 600 g/mol. The molecular weight excluding hydrogens is 566 g/mol. The lowest BCUT2D eigenvalue weighted by Crippen LogP contribution is -2.41. The van der Waals surface area contributed by atoms with Gasteiger partial charge in [0.2, 0.25) is 5.88 Å². The van der Waals surface area contributed by atoms with Gasteiger partial charge in [-0.3, -0.25) is 14.5 Å². The van der Waals surface area contributed by atoms with Gasteiger partial charge in [-0.2, -0.15) is 0 Å². The van der Waals surface area contributed by atoms with Gasteiger partial charge in [-0.1, -0.05) is 24.6 Å². The van der Waals surface area contributed by atoms with Gasteiger partial charge in [0.15, 0.2) is 0 Å². The number of hydrogen-bond acceptors (Lipinski definition) is 8. The summed E-state index contributed by atoms with van der Waals surface area (Å²) in [5, 5.41) is 6.73. The van der Waals surface area contributed by atoms with Gasteiger partial charge < -0.3 is 20.1 Å². The third-order valence-corrected chi connectivity index (χ3v) is 8.54. The first-order valence-electron chi connectivity index (χ1n) is 14.3. The van der Waals surface area contributed by atoms with Gasteiger partial charge in [0.25, 0.3) is 5.91 Å². The van der Waals surface area contributed by atoms with Gasteiger partial charge >= 0.3 is 12.0 Å². The molecule has 2 aliphatic rings. The average Bonchev–Trinajstić information content (AvgIpc) is 3.33. The van der Waals surface area contributed by atoms with Crippen molar-refractivity contribution in [2.45, 2.75) is 65.0 Å². The van der Waals surface area contributed by atoms with Crippen LogP contribution in [0.2, 0.25) is 0 Å². The van der Waals surface area contributed by atoms with Crippen LogP contribution < -0.4 is 20.3 Å². The highest BCUT2D eigenvalue weighted by molar-refractivity contribution is 7.21. The number of rotatable bonds is 6. The standard InChI is InChI=1S/C32H33N5O5S/c1-18-22(13-14-24(34-18)41-21-11-6-5-7-12-21)37-23-15-16-33-29-25(23)26(36-31(37)40)27(43-29)28(38)35-20-10-8-9-19(17-20)30(39)42-32(2,3)4/h5-7,11-16,19-20H,8-10,17H2,1-4H3,(H,35,38)(H,36,40)/t19?,20-/m1/s1. The second-order valence-electron chi connectivity index (χ2n) is 11.8. The fourth-order valence-electron chi connectivity index (χ4n) is 5.59. The van der Waals surface area contributed by atoms with E-state index in [0.717, 1.165) is 19.3 Å². The van der Waals surface area contributed by atoms with Crippen molar-refractivity contribution < 1.29 is 23.9 Å². The number of anilines is 3. The number of urea groups is 1. The number of esters is 1. The van der Waals surface area contributed by atoms with Crippen LogP contribution in [0.3, 0.4) is 0 Å². The number of ether oxygens (including phenoxy) is 2. The number of pyridine rings is 2. The second-order valence-corrected chi connectivity index (χ2v) is 12.8. The number of carbonyl (C=O) groups is 3. The smallest absolute Gasteiger partial charge is 0.331 e. The molecule has 4 aromatic rings. The molecule has 1 unspecified atom stereocenters. The summed E-state index contributed by atoms with van der Waals surface area (Å²) < 4.78 is 11.5. The predicted molar refractivity (Wildman–Crippen MR) is 165 cm³/mol. The van der Waals surface area contributed by atoms with E-state index in [9.17, 15) is 14.4 Å². The van der Waals surface area contributed by atoms with E-state index < -0.39 is 11.6 Å². The number of hydrogen-bond donors (Lipinski definition) is 2. The molecule has 3 amide bonds. The molecule has 1 fully saturated rings. The van der Waals surface area contributed by atoms with Crippen molar-refractivity contribution in [1.82, 2.24) is 15.3 Å². The molecule has 6 rings (SSSR count). The van der Waals surface area contributed by atoms with Crippen molar-refractivity contribution in [1.29, 1.82) is 0 Å². The summed E-state index contributed by atoms with van der Waals surface area (Å²) in [7, 11) is 0. The molecule has 2 atom stereocenters. The molecule has 222 valence electrons. The van der Waals surface area contributed by atoms with E-state index in [2.05, 4.69) is 20.6 Å². The topological polar surface area (TPSA) is 123 Å². The number of nitrogens with zero attached hydrogens (tertiary/aromatic N) is 3. The molecule has 10 nitrogen and oxygen atoms in total. The van der Waals surface area contributed by atoms with Crippen LogP contribution in [-0.2, 0) is 9.53 Å². The van der Waals surface area contributed by atoms with Gasteiger partial charge in [0.1, 0.15) is 21.1 Å². The minimum absolute atomic E-state index is 0.176. The van der Waals surface area contributed by atoms with Crippen molar-refractivity contribution in [2.75, 3.05) is 10.2 Å². The maximum atomic E-state index is 13.6. The summed E-state index contributed by atoms with van der Waals surface area (Å²) in [4.78, 5) is 51.5. The van der Waals surface area contributed by atoms with Crippen molar-refractivity contribution in [2.24, 2.45) is 5.92 Å². The van der Waals surface area contributed by atoms with Crippen LogP contribution >= 0.6 is 11.3 Å². The quantitative estimate of drug-likeness (QED) is 0.227. The normalized spacial score (nSPS) is 18.2. The molecule has 1 saturated carbocycles. The zero-order valence-corrected chi connectivity index (χ0v) is 25.3. The van der Waals surface area contributed by atoms with Crippen LogP contribution in [0.25, 0.3) is 10.2 Å². The van der Waals surface area contributed by atoms with E-state index in [-0.39, 0.29) is 23.8 Å². The van der Waals surface area contributed by atoms with Crippen molar-refractivity contribution >= 4 is 56.5 Å². The molecule has 2 N–H and O–H groups in total. The molecule has 1 aliphatic carbocycles. The van der Waals surface area contributed by atoms with E-state index in [1.165, 1.54) is 11.3 Å². The molecule has 0 radical (unpaired) electrons. The molecule has 1 aliphatic heterocycles. The summed E-state index contributed by atoms with van der Waals surface area (Å²) in [6.07, 6.45) is 4.47.